The molecule has 8 nitrogen and oxygen atoms in total. The van der Waals surface area contributed by atoms with Gasteiger partial charge in [0.05, 0.1) is 21.1 Å². The molecule has 5 aromatic rings. The van der Waals surface area contributed by atoms with Crippen LogP contribution in [0.1, 0.15) is 39.1 Å². The van der Waals surface area contributed by atoms with Crippen LogP contribution in [0.15, 0.2) is 67.1 Å². The summed E-state index contributed by atoms with van der Waals surface area (Å²) in [6.45, 7) is 0.416. The van der Waals surface area contributed by atoms with Crippen LogP contribution in [0.4, 0.5) is 5.82 Å². The molecule has 196 valence electrons. The van der Waals surface area contributed by atoms with Crippen molar-refractivity contribution in [2.24, 2.45) is 5.92 Å². The van der Waals surface area contributed by atoms with Crippen molar-refractivity contribution in [1.29, 1.82) is 0 Å². The summed E-state index contributed by atoms with van der Waals surface area (Å²) >= 11 is 13.0. The summed E-state index contributed by atoms with van der Waals surface area (Å²) in [6.07, 6.45) is 7.44. The summed E-state index contributed by atoms with van der Waals surface area (Å²) in [4.78, 5) is 46.1. The summed E-state index contributed by atoms with van der Waals surface area (Å²) < 4.78 is 1.40. The van der Waals surface area contributed by atoms with Gasteiger partial charge in [0.15, 0.2) is 0 Å². The molecule has 1 saturated carbocycles. The van der Waals surface area contributed by atoms with Crippen LogP contribution in [0.25, 0.3) is 21.8 Å². The third-order valence-electron chi connectivity index (χ3n) is 6.90. The Hall–Kier alpha value is -4.14. The van der Waals surface area contributed by atoms with Gasteiger partial charge in [-0.3, -0.25) is 19.0 Å². The molecule has 3 N–H and O–H groups in total. The van der Waals surface area contributed by atoms with Crippen molar-refractivity contribution in [2.75, 3.05) is 11.9 Å². The third kappa shape index (κ3) is 4.89. The maximum atomic E-state index is 13.5. The van der Waals surface area contributed by atoms with Crippen LogP contribution in [0.2, 0.25) is 10.0 Å². The first-order valence-corrected chi connectivity index (χ1v) is 13.3. The molecular formula is C29H23Cl2N5O3. The van der Waals surface area contributed by atoms with Crippen molar-refractivity contribution in [1.82, 2.24) is 19.9 Å². The smallest absolute Gasteiger partial charge is 0.265 e. The largest absolute Gasteiger partial charge is 0.361 e. The van der Waals surface area contributed by atoms with E-state index >= 15 is 0 Å². The highest BCUT2D eigenvalue weighted by Gasteiger charge is 2.30. The minimum atomic E-state index is -0.461. The number of pyridine rings is 1. The van der Waals surface area contributed by atoms with Crippen LogP contribution in [-0.4, -0.2) is 38.8 Å². The third-order valence-corrected chi connectivity index (χ3v) is 7.49. The van der Waals surface area contributed by atoms with Gasteiger partial charge in [-0.05, 0) is 55.2 Å². The molecule has 3 aromatic heterocycles. The van der Waals surface area contributed by atoms with E-state index in [2.05, 4.69) is 20.6 Å². The van der Waals surface area contributed by atoms with Gasteiger partial charge in [-0.25, -0.2) is 4.98 Å². The molecule has 0 radical (unpaired) electrons. The highest BCUT2D eigenvalue weighted by molar-refractivity contribution is 6.40. The van der Waals surface area contributed by atoms with Crippen molar-refractivity contribution < 1.29 is 14.4 Å². The number of rotatable bonds is 7. The van der Waals surface area contributed by atoms with Gasteiger partial charge in [-0.2, -0.15) is 0 Å². The van der Waals surface area contributed by atoms with Gasteiger partial charge in [0, 0.05) is 52.9 Å². The van der Waals surface area contributed by atoms with Gasteiger partial charge < -0.3 is 15.6 Å². The predicted molar refractivity (Wildman–Crippen MR) is 152 cm³/mol. The van der Waals surface area contributed by atoms with Crippen LogP contribution in [-0.2, 0) is 11.2 Å². The fourth-order valence-electron chi connectivity index (χ4n) is 4.69. The zero-order chi connectivity index (χ0) is 27.1. The second-order valence-electron chi connectivity index (χ2n) is 9.53. The molecule has 1 fully saturated rings. The first kappa shape index (κ1) is 25.2. The van der Waals surface area contributed by atoms with Crippen molar-refractivity contribution in [3.8, 4) is 0 Å². The van der Waals surface area contributed by atoms with Gasteiger partial charge in [0.1, 0.15) is 5.82 Å². The van der Waals surface area contributed by atoms with Crippen LogP contribution >= 0.6 is 23.2 Å². The van der Waals surface area contributed by atoms with E-state index in [1.165, 1.54) is 22.9 Å². The highest BCUT2D eigenvalue weighted by Crippen LogP contribution is 2.33. The van der Waals surface area contributed by atoms with Crippen molar-refractivity contribution >= 4 is 68.5 Å². The van der Waals surface area contributed by atoms with Gasteiger partial charge >= 0.3 is 0 Å². The number of H-pyrrole nitrogens is 1. The van der Waals surface area contributed by atoms with Gasteiger partial charge in [-0.1, -0.05) is 41.4 Å². The fraction of sp³-hybridized carbons (Fsp3) is 0.172. The highest BCUT2D eigenvalue weighted by atomic mass is 35.5. The monoisotopic (exact) mass is 559 g/mol. The number of halogens is 2. The van der Waals surface area contributed by atoms with E-state index in [4.69, 9.17) is 23.2 Å². The zero-order valence-electron chi connectivity index (χ0n) is 20.6. The number of carbonyl (C=O) groups is 3. The van der Waals surface area contributed by atoms with E-state index in [9.17, 15) is 14.4 Å². The van der Waals surface area contributed by atoms with E-state index in [1.54, 1.807) is 18.3 Å². The number of fused-ring (bicyclic) bond motifs is 2. The summed E-state index contributed by atoms with van der Waals surface area (Å²) in [7, 11) is 0. The Bertz CT molecular complexity index is 1750. The number of hydrogen-bond acceptors (Lipinski definition) is 4. The number of carbonyl (C=O) groups excluding carboxylic acids is 3. The summed E-state index contributed by atoms with van der Waals surface area (Å²) in [5.41, 5.74) is 3.03. The normalized spacial score (nSPS) is 13.1. The number of nitrogens with zero attached hydrogens (tertiary/aromatic N) is 2. The lowest BCUT2D eigenvalue weighted by molar-refractivity contribution is -0.117. The molecular weight excluding hydrogens is 537 g/mol. The van der Waals surface area contributed by atoms with Crippen LogP contribution in [0.3, 0.4) is 0 Å². The van der Waals surface area contributed by atoms with Crippen molar-refractivity contribution in [3.05, 3.63) is 93.9 Å². The second-order valence-corrected chi connectivity index (χ2v) is 10.3. The summed E-state index contributed by atoms with van der Waals surface area (Å²) in [5.74, 6) is -0.459. The molecule has 0 saturated heterocycles. The number of aromatic nitrogens is 3. The van der Waals surface area contributed by atoms with E-state index in [0.717, 1.165) is 29.3 Å². The Morgan fingerprint density at radius 1 is 1.03 bits per heavy atom. The Morgan fingerprint density at radius 2 is 1.79 bits per heavy atom. The average molecular weight is 560 g/mol. The molecule has 3 heterocycles. The second kappa shape index (κ2) is 10.2. The number of nitrogens with one attached hydrogen (secondary N) is 3. The topological polar surface area (TPSA) is 109 Å². The van der Waals surface area contributed by atoms with Gasteiger partial charge in [0.2, 0.25) is 5.91 Å². The zero-order valence-corrected chi connectivity index (χ0v) is 22.1. The Labute approximate surface area is 233 Å². The predicted octanol–water partition coefficient (Wildman–Crippen LogP) is 5.83. The standard InChI is InChI=1S/C29H23Cl2N5O3/c30-21-13-18(27(37)33-10-7-17-15-34-23-4-2-1-3-19(17)23)14-22(31)25(21)29(39)36-12-9-20-24(36)8-11-32-26(20)35-28(38)16-5-6-16/h1-4,8-9,11-16,34H,5-7,10H2,(H,33,37)(H,32,35,38). The molecule has 2 aromatic carbocycles. The molecule has 1 aliphatic rings. The van der Waals surface area contributed by atoms with E-state index in [-0.39, 0.29) is 38.9 Å². The number of hydrogen-bond donors (Lipinski definition) is 3. The fourth-order valence-corrected chi connectivity index (χ4v) is 5.34. The molecule has 0 aliphatic heterocycles. The van der Waals surface area contributed by atoms with Crippen LogP contribution in [0.5, 0.6) is 0 Å². The molecule has 0 atom stereocenters. The van der Waals surface area contributed by atoms with Gasteiger partial charge in [0.25, 0.3) is 11.8 Å². The molecule has 0 bridgehead atoms. The first-order valence-electron chi connectivity index (χ1n) is 12.5. The number of anilines is 1. The lowest BCUT2D eigenvalue weighted by atomic mass is 10.1. The first-order chi connectivity index (χ1) is 18.9. The maximum Gasteiger partial charge on any atom is 0.265 e. The number of aromatic amines is 1. The number of amides is 2. The maximum absolute atomic E-state index is 13.5. The molecule has 0 unspecified atom stereocenters. The quantitative estimate of drug-likeness (QED) is 0.233. The molecule has 0 spiro atoms. The minimum absolute atomic E-state index is 0.0209. The molecule has 6 rings (SSSR count). The molecule has 39 heavy (non-hydrogen) atoms. The van der Waals surface area contributed by atoms with E-state index in [1.807, 2.05) is 30.5 Å². The van der Waals surface area contributed by atoms with Gasteiger partial charge in [-0.15, -0.1) is 0 Å². The number of para-hydroxylation sites is 1. The van der Waals surface area contributed by atoms with Crippen molar-refractivity contribution in [3.63, 3.8) is 0 Å². The molecule has 10 heteroatoms. The van der Waals surface area contributed by atoms with E-state index < -0.39 is 5.91 Å². The lowest BCUT2D eigenvalue weighted by Crippen LogP contribution is -2.26. The summed E-state index contributed by atoms with van der Waals surface area (Å²) in [5, 5.41) is 7.60. The Morgan fingerprint density at radius 3 is 2.56 bits per heavy atom. The Kier molecular flexibility index (Phi) is 6.58. The minimum Gasteiger partial charge on any atom is -0.361 e. The van der Waals surface area contributed by atoms with Crippen LogP contribution in [0, 0.1) is 5.92 Å². The Balaban J connectivity index is 1.18. The SMILES string of the molecule is O=C(NCCc1c[nH]c2ccccc12)c1cc(Cl)c(C(=O)n2ccc3c(NC(=O)C4CC4)nccc32)c(Cl)c1. The number of benzene rings is 2. The van der Waals surface area contributed by atoms with Crippen molar-refractivity contribution in [2.45, 2.75) is 19.3 Å². The summed E-state index contributed by atoms with van der Waals surface area (Å²) in [6, 6.07) is 14.3. The van der Waals surface area contributed by atoms with Crippen LogP contribution < -0.4 is 10.6 Å². The van der Waals surface area contributed by atoms with E-state index in [0.29, 0.717) is 29.7 Å². The molecule has 2 amide bonds. The average Bonchev–Trinajstić information content (AvgIpc) is 3.56. The molecule has 1 aliphatic carbocycles. The lowest BCUT2D eigenvalue weighted by Gasteiger charge is -2.12.